The summed E-state index contributed by atoms with van der Waals surface area (Å²) in [5.74, 6) is -5.15. The van der Waals surface area contributed by atoms with Gasteiger partial charge in [-0.1, -0.05) is 20.3 Å². The Bertz CT molecular complexity index is 612. The standard InChI is InChI=1S/C17H30N4O8/c1-4-8(2)13(18)16(27)19-9(3)14(25)21-11(7-22)15(26)20-10(17(28)29)5-6-12(23)24/h8-11,13,22H,4-7,18H2,1-3H3,(H,19,27)(H,20,26)(H,21,25)(H,23,24)(H,28,29). The number of amides is 3. The average Bonchev–Trinajstić information content (AvgIpc) is 2.66. The number of carbonyl (C=O) groups excluding carboxylic acids is 3. The molecule has 0 aromatic heterocycles. The summed E-state index contributed by atoms with van der Waals surface area (Å²) in [6.07, 6.45) is -0.204. The molecule has 0 bridgehead atoms. The van der Waals surface area contributed by atoms with Crippen molar-refractivity contribution >= 4 is 29.7 Å². The highest BCUT2D eigenvalue weighted by atomic mass is 16.4. The highest BCUT2D eigenvalue weighted by Crippen LogP contribution is 2.05. The molecule has 0 aliphatic heterocycles. The van der Waals surface area contributed by atoms with Crippen LogP contribution in [0, 0.1) is 5.92 Å². The fourth-order valence-electron chi connectivity index (χ4n) is 2.18. The maximum Gasteiger partial charge on any atom is 0.326 e. The Balaban J connectivity index is 4.87. The summed E-state index contributed by atoms with van der Waals surface area (Å²) >= 11 is 0. The summed E-state index contributed by atoms with van der Waals surface area (Å²) in [6.45, 7) is 4.16. The van der Waals surface area contributed by atoms with Gasteiger partial charge in [0.05, 0.1) is 12.6 Å². The Kier molecular flexibility index (Phi) is 11.5. The summed E-state index contributed by atoms with van der Waals surface area (Å²) in [4.78, 5) is 58.1. The van der Waals surface area contributed by atoms with Crippen molar-refractivity contribution in [3.05, 3.63) is 0 Å². The van der Waals surface area contributed by atoms with Crippen molar-refractivity contribution in [2.75, 3.05) is 6.61 Å². The SMILES string of the molecule is CCC(C)C(N)C(=O)NC(C)C(=O)NC(CO)C(=O)NC(CCC(=O)O)C(=O)O. The van der Waals surface area contributed by atoms with E-state index in [4.69, 9.17) is 15.9 Å². The quantitative estimate of drug-likeness (QED) is 0.172. The van der Waals surface area contributed by atoms with E-state index in [0.29, 0.717) is 6.42 Å². The summed E-state index contributed by atoms with van der Waals surface area (Å²) in [5.41, 5.74) is 5.78. The van der Waals surface area contributed by atoms with Crippen LogP contribution in [-0.4, -0.2) is 75.8 Å². The van der Waals surface area contributed by atoms with Gasteiger partial charge in [0.15, 0.2) is 0 Å². The van der Waals surface area contributed by atoms with Gasteiger partial charge in [-0.15, -0.1) is 0 Å². The predicted molar refractivity (Wildman–Crippen MR) is 100 cm³/mol. The van der Waals surface area contributed by atoms with Crippen LogP contribution in [0.2, 0.25) is 0 Å². The van der Waals surface area contributed by atoms with E-state index in [-0.39, 0.29) is 12.3 Å². The maximum atomic E-state index is 12.2. The third kappa shape index (κ3) is 9.34. The lowest BCUT2D eigenvalue weighted by Gasteiger charge is -2.23. The van der Waals surface area contributed by atoms with Crippen molar-refractivity contribution in [3.8, 4) is 0 Å². The van der Waals surface area contributed by atoms with Crippen molar-refractivity contribution in [1.29, 1.82) is 0 Å². The van der Waals surface area contributed by atoms with Gasteiger partial charge in [-0.25, -0.2) is 4.79 Å². The fraction of sp³-hybridized carbons (Fsp3) is 0.706. The molecule has 0 aliphatic carbocycles. The molecule has 0 saturated heterocycles. The number of hydrogen-bond donors (Lipinski definition) is 7. The lowest BCUT2D eigenvalue weighted by molar-refractivity contribution is -0.143. The Labute approximate surface area is 168 Å². The van der Waals surface area contributed by atoms with E-state index in [0.717, 1.165) is 0 Å². The van der Waals surface area contributed by atoms with Crippen LogP contribution in [0.1, 0.15) is 40.0 Å². The first kappa shape index (κ1) is 26.3. The first-order valence-corrected chi connectivity index (χ1v) is 9.16. The summed E-state index contributed by atoms with van der Waals surface area (Å²) in [7, 11) is 0. The van der Waals surface area contributed by atoms with Crippen molar-refractivity contribution in [2.24, 2.45) is 11.7 Å². The van der Waals surface area contributed by atoms with Crippen molar-refractivity contribution in [3.63, 3.8) is 0 Å². The van der Waals surface area contributed by atoms with Crippen LogP contribution in [0.25, 0.3) is 0 Å². The number of aliphatic hydroxyl groups excluding tert-OH is 1. The van der Waals surface area contributed by atoms with Gasteiger partial charge in [0.25, 0.3) is 0 Å². The van der Waals surface area contributed by atoms with Gasteiger partial charge in [0, 0.05) is 6.42 Å². The van der Waals surface area contributed by atoms with Gasteiger partial charge in [-0.05, 0) is 19.3 Å². The molecule has 0 saturated carbocycles. The molecule has 12 nitrogen and oxygen atoms in total. The molecule has 8 N–H and O–H groups in total. The number of hydrogen-bond acceptors (Lipinski definition) is 7. The third-order valence-electron chi connectivity index (χ3n) is 4.39. The summed E-state index contributed by atoms with van der Waals surface area (Å²) in [5, 5.41) is 33.7. The number of carbonyl (C=O) groups is 5. The second kappa shape index (κ2) is 12.7. The second-order valence-corrected chi connectivity index (χ2v) is 6.72. The molecule has 0 aromatic rings. The number of aliphatic carboxylic acids is 2. The normalized spacial score (nSPS) is 15.9. The van der Waals surface area contributed by atoms with Crippen LogP contribution in [-0.2, 0) is 24.0 Å². The zero-order valence-electron chi connectivity index (χ0n) is 16.7. The highest BCUT2D eigenvalue weighted by Gasteiger charge is 2.29. The molecule has 0 spiro atoms. The van der Waals surface area contributed by atoms with Crippen LogP contribution in [0.5, 0.6) is 0 Å². The Hall–Kier alpha value is -2.73. The Morgan fingerprint density at radius 1 is 0.897 bits per heavy atom. The number of nitrogens with one attached hydrogen (secondary N) is 3. The van der Waals surface area contributed by atoms with E-state index in [1.54, 1.807) is 6.92 Å². The minimum atomic E-state index is -1.50. The largest absolute Gasteiger partial charge is 0.481 e. The van der Waals surface area contributed by atoms with Gasteiger partial charge in [-0.3, -0.25) is 19.2 Å². The molecule has 0 radical (unpaired) electrons. The minimum absolute atomic E-state index is 0.111. The second-order valence-electron chi connectivity index (χ2n) is 6.72. The number of rotatable bonds is 13. The molecular weight excluding hydrogens is 388 g/mol. The zero-order chi connectivity index (χ0) is 22.7. The van der Waals surface area contributed by atoms with Crippen LogP contribution in [0.3, 0.4) is 0 Å². The van der Waals surface area contributed by atoms with E-state index in [1.165, 1.54) is 6.92 Å². The predicted octanol–water partition coefficient (Wildman–Crippen LogP) is -2.22. The molecule has 3 amide bonds. The van der Waals surface area contributed by atoms with E-state index in [1.807, 2.05) is 6.92 Å². The molecule has 166 valence electrons. The van der Waals surface area contributed by atoms with Crippen LogP contribution < -0.4 is 21.7 Å². The number of carboxylic acids is 2. The van der Waals surface area contributed by atoms with Gasteiger partial charge in [0.1, 0.15) is 18.1 Å². The van der Waals surface area contributed by atoms with Crippen molar-refractivity contribution in [1.82, 2.24) is 16.0 Å². The number of nitrogens with two attached hydrogens (primary N) is 1. The first-order valence-electron chi connectivity index (χ1n) is 9.16. The van der Waals surface area contributed by atoms with Crippen molar-refractivity contribution in [2.45, 2.75) is 64.2 Å². The molecule has 0 fully saturated rings. The minimum Gasteiger partial charge on any atom is -0.481 e. The summed E-state index contributed by atoms with van der Waals surface area (Å²) in [6, 6.07) is -4.88. The lowest BCUT2D eigenvalue weighted by Crippen LogP contribution is -2.57. The molecule has 12 heteroatoms. The highest BCUT2D eigenvalue weighted by molar-refractivity contribution is 5.94. The van der Waals surface area contributed by atoms with E-state index in [9.17, 15) is 29.1 Å². The topological polar surface area (TPSA) is 208 Å². The van der Waals surface area contributed by atoms with E-state index in [2.05, 4.69) is 16.0 Å². The van der Waals surface area contributed by atoms with Crippen LogP contribution >= 0.6 is 0 Å². The molecule has 5 atom stereocenters. The van der Waals surface area contributed by atoms with Gasteiger partial charge in [0.2, 0.25) is 17.7 Å². The lowest BCUT2D eigenvalue weighted by atomic mass is 9.99. The average molecular weight is 418 g/mol. The molecule has 0 aliphatic rings. The van der Waals surface area contributed by atoms with Gasteiger partial charge in [-0.2, -0.15) is 0 Å². The molecule has 29 heavy (non-hydrogen) atoms. The molecule has 0 heterocycles. The molecule has 5 unspecified atom stereocenters. The van der Waals surface area contributed by atoms with Crippen LogP contribution in [0.4, 0.5) is 0 Å². The third-order valence-corrected chi connectivity index (χ3v) is 4.39. The van der Waals surface area contributed by atoms with E-state index >= 15 is 0 Å². The van der Waals surface area contributed by atoms with Gasteiger partial charge >= 0.3 is 11.9 Å². The Morgan fingerprint density at radius 2 is 1.45 bits per heavy atom. The molecule has 0 aromatic carbocycles. The Morgan fingerprint density at radius 3 is 1.90 bits per heavy atom. The fourth-order valence-corrected chi connectivity index (χ4v) is 2.18. The first-order chi connectivity index (χ1) is 13.4. The van der Waals surface area contributed by atoms with Gasteiger partial charge < -0.3 is 37.0 Å². The summed E-state index contributed by atoms with van der Waals surface area (Å²) < 4.78 is 0. The number of aliphatic hydroxyl groups is 1. The number of carboxylic acid groups (broad SMARTS) is 2. The molecule has 0 rings (SSSR count). The van der Waals surface area contributed by atoms with E-state index < -0.39 is 66.9 Å². The zero-order valence-corrected chi connectivity index (χ0v) is 16.7. The monoisotopic (exact) mass is 418 g/mol. The maximum absolute atomic E-state index is 12.2. The van der Waals surface area contributed by atoms with Crippen LogP contribution in [0.15, 0.2) is 0 Å². The smallest absolute Gasteiger partial charge is 0.326 e. The molecular formula is C17H30N4O8. The van der Waals surface area contributed by atoms with Crippen molar-refractivity contribution < 1.29 is 39.3 Å².